The third-order valence-electron chi connectivity index (χ3n) is 5.19. The number of carbonyl (C=O) groups excluding carboxylic acids is 1. The molecule has 2 aliphatic heterocycles. The van der Waals surface area contributed by atoms with Gasteiger partial charge < -0.3 is 10.1 Å². The van der Waals surface area contributed by atoms with Gasteiger partial charge in [0.1, 0.15) is 5.69 Å². The van der Waals surface area contributed by atoms with Crippen LogP contribution >= 0.6 is 0 Å². The molecule has 1 atom stereocenters. The molecule has 2 aliphatic rings. The van der Waals surface area contributed by atoms with Gasteiger partial charge in [-0.3, -0.25) is 14.7 Å². The molecular formula is C21H26N4O2. The fourth-order valence-electron chi connectivity index (χ4n) is 4.15. The highest BCUT2D eigenvalue weighted by molar-refractivity contribution is 5.94. The van der Waals surface area contributed by atoms with Gasteiger partial charge in [-0.15, -0.1) is 0 Å². The number of fused-ring (bicyclic) bond motifs is 1. The fraction of sp³-hybridized carbons (Fsp3) is 0.476. The van der Waals surface area contributed by atoms with E-state index in [4.69, 9.17) is 4.74 Å². The van der Waals surface area contributed by atoms with Crippen LogP contribution in [0.5, 0.6) is 5.88 Å². The number of hydrogen-bond donors (Lipinski definition) is 1. The Morgan fingerprint density at radius 2 is 2.04 bits per heavy atom. The van der Waals surface area contributed by atoms with Gasteiger partial charge in [0, 0.05) is 24.5 Å². The standard InChI is InChI=1S/C21H26N4O2/c1-14-8-17(9-15(2)22-14)10-16-4-3-7-25(11-16)12-18-5-6-19-21(23-18)27-13-20(26)24-19/h5-6,8-9,16H,3-4,7,10-13H2,1-2H3,(H,24,26)/t16-/m1/s1. The summed E-state index contributed by atoms with van der Waals surface area (Å²) in [6, 6.07) is 8.29. The number of pyridine rings is 2. The number of rotatable bonds is 4. The molecule has 0 unspecified atom stereocenters. The SMILES string of the molecule is Cc1cc(C[C@H]2CCCN(Cc3ccc4c(n3)OCC(=O)N4)C2)cc(C)n1. The summed E-state index contributed by atoms with van der Waals surface area (Å²) < 4.78 is 5.44. The van der Waals surface area contributed by atoms with Crippen molar-refractivity contribution < 1.29 is 9.53 Å². The summed E-state index contributed by atoms with van der Waals surface area (Å²) in [4.78, 5) is 22.9. The Morgan fingerprint density at radius 1 is 1.22 bits per heavy atom. The third-order valence-corrected chi connectivity index (χ3v) is 5.19. The van der Waals surface area contributed by atoms with E-state index in [1.165, 1.54) is 18.4 Å². The Morgan fingerprint density at radius 3 is 2.85 bits per heavy atom. The lowest BCUT2D eigenvalue weighted by Gasteiger charge is -2.32. The zero-order chi connectivity index (χ0) is 18.8. The monoisotopic (exact) mass is 366 g/mol. The smallest absolute Gasteiger partial charge is 0.262 e. The molecule has 1 amide bonds. The number of aromatic nitrogens is 2. The molecule has 0 radical (unpaired) electrons. The van der Waals surface area contributed by atoms with E-state index < -0.39 is 0 Å². The van der Waals surface area contributed by atoms with Crippen molar-refractivity contribution >= 4 is 11.6 Å². The van der Waals surface area contributed by atoms with Crippen LogP contribution in [0, 0.1) is 19.8 Å². The second-order valence-electron chi connectivity index (χ2n) is 7.70. The molecule has 2 aromatic rings. The Labute approximate surface area is 160 Å². The van der Waals surface area contributed by atoms with Gasteiger partial charge in [0.05, 0.1) is 5.69 Å². The molecule has 2 aromatic heterocycles. The molecule has 1 fully saturated rings. The van der Waals surface area contributed by atoms with Gasteiger partial charge in [0.15, 0.2) is 6.61 Å². The molecule has 6 nitrogen and oxygen atoms in total. The summed E-state index contributed by atoms with van der Waals surface area (Å²) in [6.07, 6.45) is 3.59. The molecule has 0 spiro atoms. The Hall–Kier alpha value is -2.47. The molecule has 0 aliphatic carbocycles. The van der Waals surface area contributed by atoms with Gasteiger partial charge in [0.25, 0.3) is 5.91 Å². The number of piperidine rings is 1. The van der Waals surface area contributed by atoms with Gasteiger partial charge in [-0.2, -0.15) is 0 Å². The quantitative estimate of drug-likeness (QED) is 0.901. The highest BCUT2D eigenvalue weighted by Gasteiger charge is 2.22. The average Bonchev–Trinajstić information content (AvgIpc) is 2.61. The molecule has 0 aromatic carbocycles. The van der Waals surface area contributed by atoms with Gasteiger partial charge in [0.2, 0.25) is 5.88 Å². The summed E-state index contributed by atoms with van der Waals surface area (Å²) in [5.41, 5.74) is 5.24. The Balaban J connectivity index is 1.39. The Bertz CT molecular complexity index is 832. The number of carbonyl (C=O) groups is 1. The Kier molecular flexibility index (Phi) is 5.07. The number of amides is 1. The predicted molar refractivity (Wildman–Crippen MR) is 104 cm³/mol. The summed E-state index contributed by atoms with van der Waals surface area (Å²) >= 11 is 0. The van der Waals surface area contributed by atoms with Crippen LogP contribution in [-0.2, 0) is 17.8 Å². The van der Waals surface area contributed by atoms with E-state index in [0.29, 0.717) is 17.5 Å². The van der Waals surface area contributed by atoms with Gasteiger partial charge in [-0.25, -0.2) is 4.98 Å². The van der Waals surface area contributed by atoms with Crippen LogP contribution in [0.1, 0.15) is 35.5 Å². The van der Waals surface area contributed by atoms with Crippen molar-refractivity contribution in [2.75, 3.05) is 25.0 Å². The molecule has 0 bridgehead atoms. The van der Waals surface area contributed by atoms with Crippen LogP contribution in [0.25, 0.3) is 0 Å². The maximum Gasteiger partial charge on any atom is 0.262 e. The van der Waals surface area contributed by atoms with Gasteiger partial charge in [-0.1, -0.05) is 0 Å². The fourth-order valence-corrected chi connectivity index (χ4v) is 4.15. The van der Waals surface area contributed by atoms with Crippen molar-refractivity contribution in [3.8, 4) is 5.88 Å². The van der Waals surface area contributed by atoms with Crippen molar-refractivity contribution in [2.24, 2.45) is 5.92 Å². The van der Waals surface area contributed by atoms with Crippen molar-refractivity contribution in [1.29, 1.82) is 0 Å². The number of likely N-dealkylation sites (tertiary alicyclic amines) is 1. The summed E-state index contributed by atoms with van der Waals surface area (Å²) in [6.45, 7) is 7.17. The van der Waals surface area contributed by atoms with Crippen LogP contribution in [0.2, 0.25) is 0 Å². The third kappa shape index (κ3) is 4.45. The van der Waals surface area contributed by atoms with Crippen molar-refractivity contribution in [3.05, 3.63) is 46.9 Å². The molecular weight excluding hydrogens is 340 g/mol. The van der Waals surface area contributed by atoms with Gasteiger partial charge >= 0.3 is 0 Å². The zero-order valence-corrected chi connectivity index (χ0v) is 16.0. The normalized spacial score (nSPS) is 19.9. The first-order chi connectivity index (χ1) is 13.0. The highest BCUT2D eigenvalue weighted by Crippen LogP contribution is 2.27. The van der Waals surface area contributed by atoms with Crippen molar-refractivity contribution in [3.63, 3.8) is 0 Å². The minimum atomic E-state index is -0.127. The lowest BCUT2D eigenvalue weighted by Crippen LogP contribution is -2.36. The number of nitrogens with one attached hydrogen (secondary N) is 1. The summed E-state index contributed by atoms with van der Waals surface area (Å²) in [5.74, 6) is 1.06. The van der Waals surface area contributed by atoms with Crippen LogP contribution in [0.3, 0.4) is 0 Å². The molecule has 6 heteroatoms. The molecule has 27 heavy (non-hydrogen) atoms. The zero-order valence-electron chi connectivity index (χ0n) is 16.0. The van der Waals surface area contributed by atoms with Crippen LogP contribution in [0.4, 0.5) is 5.69 Å². The molecule has 142 valence electrons. The minimum absolute atomic E-state index is 0.0417. The molecule has 1 saturated heterocycles. The molecule has 4 heterocycles. The van der Waals surface area contributed by atoms with E-state index >= 15 is 0 Å². The molecule has 1 N–H and O–H groups in total. The topological polar surface area (TPSA) is 67.4 Å². The lowest BCUT2D eigenvalue weighted by molar-refractivity contribution is -0.118. The van der Waals surface area contributed by atoms with E-state index in [-0.39, 0.29) is 12.5 Å². The highest BCUT2D eigenvalue weighted by atomic mass is 16.5. The first-order valence-corrected chi connectivity index (χ1v) is 9.64. The summed E-state index contributed by atoms with van der Waals surface area (Å²) in [7, 11) is 0. The van der Waals surface area contributed by atoms with Crippen LogP contribution in [-0.4, -0.2) is 40.5 Å². The predicted octanol–water partition coefficient (Wildman–Crippen LogP) is 2.88. The van der Waals surface area contributed by atoms with Crippen LogP contribution < -0.4 is 10.1 Å². The first kappa shape index (κ1) is 17.9. The number of ether oxygens (including phenoxy) is 1. The van der Waals surface area contributed by atoms with Crippen molar-refractivity contribution in [1.82, 2.24) is 14.9 Å². The van der Waals surface area contributed by atoms with Crippen molar-refractivity contribution in [2.45, 2.75) is 39.7 Å². The number of aryl methyl sites for hydroxylation is 2. The van der Waals surface area contributed by atoms with E-state index in [2.05, 4.69) is 46.2 Å². The maximum atomic E-state index is 11.4. The largest absolute Gasteiger partial charge is 0.466 e. The van der Waals surface area contributed by atoms with Crippen LogP contribution in [0.15, 0.2) is 24.3 Å². The first-order valence-electron chi connectivity index (χ1n) is 9.64. The number of hydrogen-bond acceptors (Lipinski definition) is 5. The molecule has 0 saturated carbocycles. The van der Waals surface area contributed by atoms with E-state index in [1.54, 1.807) is 0 Å². The maximum absolute atomic E-state index is 11.4. The number of nitrogens with zero attached hydrogens (tertiary/aromatic N) is 3. The van der Waals surface area contributed by atoms with E-state index in [1.807, 2.05) is 12.1 Å². The average molecular weight is 366 g/mol. The second-order valence-corrected chi connectivity index (χ2v) is 7.70. The lowest BCUT2D eigenvalue weighted by atomic mass is 9.91. The number of anilines is 1. The second kappa shape index (κ2) is 7.64. The minimum Gasteiger partial charge on any atom is -0.466 e. The van der Waals surface area contributed by atoms with E-state index in [0.717, 1.165) is 43.1 Å². The van der Waals surface area contributed by atoms with Gasteiger partial charge in [-0.05, 0) is 75.4 Å². The van der Waals surface area contributed by atoms with E-state index in [9.17, 15) is 4.79 Å². The molecule has 4 rings (SSSR count). The summed E-state index contributed by atoms with van der Waals surface area (Å²) in [5, 5.41) is 2.79.